The molecule has 0 atom stereocenters. The molecular formula is C19H13N3O3. The molecule has 122 valence electrons. The lowest BCUT2D eigenvalue weighted by Gasteiger charge is -2.03. The number of carbonyl (C=O) groups excluding carboxylic acids is 1. The lowest BCUT2D eigenvalue weighted by atomic mass is 10.2. The third-order valence-electron chi connectivity index (χ3n) is 3.57. The van der Waals surface area contributed by atoms with Gasteiger partial charge in [-0.25, -0.2) is 4.98 Å². The summed E-state index contributed by atoms with van der Waals surface area (Å²) in [6.45, 7) is 0. The van der Waals surface area contributed by atoms with E-state index in [1.165, 1.54) is 0 Å². The molecule has 0 unspecified atom stereocenters. The summed E-state index contributed by atoms with van der Waals surface area (Å²) in [4.78, 5) is 24.6. The number of hydrogen-bond donors (Lipinski definition) is 0. The van der Waals surface area contributed by atoms with Gasteiger partial charge in [0.2, 0.25) is 5.89 Å². The number of esters is 1. The first-order chi connectivity index (χ1) is 12.3. The molecule has 3 aromatic heterocycles. The average Bonchev–Trinajstić information content (AvgIpc) is 3.06. The van der Waals surface area contributed by atoms with Crippen LogP contribution in [0, 0.1) is 0 Å². The fourth-order valence-corrected chi connectivity index (χ4v) is 2.40. The molecule has 0 bridgehead atoms. The molecule has 0 aliphatic heterocycles. The highest BCUT2D eigenvalue weighted by Crippen LogP contribution is 2.26. The number of oxazole rings is 1. The van der Waals surface area contributed by atoms with Crippen LogP contribution in [0.15, 0.2) is 71.5 Å². The van der Waals surface area contributed by atoms with Crippen molar-refractivity contribution in [2.45, 2.75) is 6.42 Å². The average molecular weight is 331 g/mol. The third-order valence-corrected chi connectivity index (χ3v) is 3.57. The topological polar surface area (TPSA) is 78.1 Å². The van der Waals surface area contributed by atoms with Crippen LogP contribution in [-0.2, 0) is 11.2 Å². The highest BCUT2D eigenvalue weighted by molar-refractivity contribution is 5.80. The van der Waals surface area contributed by atoms with E-state index in [1.807, 2.05) is 18.2 Å². The molecule has 6 nitrogen and oxygen atoms in total. The Morgan fingerprint density at radius 2 is 1.92 bits per heavy atom. The minimum Gasteiger partial charge on any atom is -0.435 e. The van der Waals surface area contributed by atoms with E-state index in [9.17, 15) is 4.79 Å². The van der Waals surface area contributed by atoms with Crippen molar-refractivity contribution in [1.82, 2.24) is 15.0 Å². The van der Waals surface area contributed by atoms with Crippen molar-refractivity contribution in [3.05, 3.63) is 72.7 Å². The van der Waals surface area contributed by atoms with Gasteiger partial charge in [0.05, 0.1) is 6.42 Å². The number of ether oxygens (including phenoxy) is 1. The first-order valence-electron chi connectivity index (χ1n) is 7.69. The summed E-state index contributed by atoms with van der Waals surface area (Å²) >= 11 is 0. The van der Waals surface area contributed by atoms with Crippen LogP contribution in [0.5, 0.6) is 5.75 Å². The summed E-state index contributed by atoms with van der Waals surface area (Å²) in [5, 5.41) is 0. The number of fused-ring (bicyclic) bond motifs is 1. The zero-order chi connectivity index (χ0) is 17.1. The second-order valence-electron chi connectivity index (χ2n) is 5.37. The minimum absolute atomic E-state index is 0.177. The van der Waals surface area contributed by atoms with Crippen molar-refractivity contribution in [3.63, 3.8) is 0 Å². The Balaban J connectivity index is 1.54. The summed E-state index contributed by atoms with van der Waals surface area (Å²) in [5.74, 6) is 0.487. The van der Waals surface area contributed by atoms with Gasteiger partial charge in [0, 0.05) is 24.7 Å². The van der Waals surface area contributed by atoms with Crippen LogP contribution in [0.25, 0.3) is 22.7 Å². The molecule has 0 amide bonds. The van der Waals surface area contributed by atoms with E-state index in [2.05, 4.69) is 15.0 Å². The number of rotatable bonds is 4. The Labute approximate surface area is 143 Å². The molecular weight excluding hydrogens is 318 g/mol. The maximum absolute atomic E-state index is 12.0. The van der Waals surface area contributed by atoms with Gasteiger partial charge in [0.1, 0.15) is 17.0 Å². The van der Waals surface area contributed by atoms with E-state index < -0.39 is 0 Å². The number of nitrogens with zero attached hydrogens (tertiary/aromatic N) is 3. The van der Waals surface area contributed by atoms with Crippen molar-refractivity contribution >= 4 is 17.1 Å². The summed E-state index contributed by atoms with van der Waals surface area (Å²) < 4.78 is 11.1. The van der Waals surface area contributed by atoms with Crippen LogP contribution in [-0.4, -0.2) is 20.9 Å². The molecule has 4 aromatic rings. The van der Waals surface area contributed by atoms with Gasteiger partial charge in [-0.3, -0.25) is 14.8 Å². The molecule has 25 heavy (non-hydrogen) atoms. The lowest BCUT2D eigenvalue weighted by Crippen LogP contribution is -2.11. The predicted molar refractivity (Wildman–Crippen MR) is 90.8 cm³/mol. The van der Waals surface area contributed by atoms with E-state index in [0.29, 0.717) is 28.4 Å². The zero-order valence-electron chi connectivity index (χ0n) is 13.1. The van der Waals surface area contributed by atoms with Crippen LogP contribution in [0.4, 0.5) is 0 Å². The molecule has 0 aliphatic carbocycles. The molecule has 3 heterocycles. The monoisotopic (exact) mass is 331 g/mol. The first kappa shape index (κ1) is 15.0. The Morgan fingerprint density at radius 1 is 1.04 bits per heavy atom. The van der Waals surface area contributed by atoms with Gasteiger partial charge in [0.25, 0.3) is 0 Å². The van der Waals surface area contributed by atoms with Crippen molar-refractivity contribution < 1.29 is 13.9 Å². The quantitative estimate of drug-likeness (QED) is 0.421. The molecule has 6 heteroatoms. The molecule has 4 rings (SSSR count). The van der Waals surface area contributed by atoms with Crippen molar-refractivity contribution in [2.75, 3.05) is 0 Å². The molecule has 0 fully saturated rings. The number of aromatic nitrogens is 3. The first-order valence-corrected chi connectivity index (χ1v) is 7.69. The predicted octanol–water partition coefficient (Wildman–Crippen LogP) is 3.43. The normalized spacial score (nSPS) is 10.7. The largest absolute Gasteiger partial charge is 0.435 e. The van der Waals surface area contributed by atoms with Gasteiger partial charge in [-0.2, -0.15) is 0 Å². The Morgan fingerprint density at radius 3 is 2.72 bits per heavy atom. The van der Waals surface area contributed by atoms with Crippen LogP contribution in [0.3, 0.4) is 0 Å². The Kier molecular flexibility index (Phi) is 3.92. The molecule has 1 aromatic carbocycles. The molecule has 0 saturated heterocycles. The van der Waals surface area contributed by atoms with Gasteiger partial charge in [-0.05, 0) is 42.0 Å². The van der Waals surface area contributed by atoms with Gasteiger partial charge < -0.3 is 9.15 Å². The zero-order valence-corrected chi connectivity index (χ0v) is 13.1. The number of benzene rings is 1. The maximum Gasteiger partial charge on any atom is 0.315 e. The van der Waals surface area contributed by atoms with E-state index in [0.717, 1.165) is 5.56 Å². The molecule has 0 N–H and O–H groups in total. The summed E-state index contributed by atoms with van der Waals surface area (Å²) in [6.07, 6.45) is 5.14. The van der Waals surface area contributed by atoms with Crippen molar-refractivity contribution in [1.29, 1.82) is 0 Å². The fraction of sp³-hybridized carbons (Fsp3) is 0.0526. The summed E-state index contributed by atoms with van der Waals surface area (Å²) in [6, 6.07) is 14.2. The third kappa shape index (κ3) is 3.37. The van der Waals surface area contributed by atoms with E-state index in [1.54, 1.807) is 48.9 Å². The SMILES string of the molecule is O=C(Cc1ccncc1)Oc1ccc2nc(-c3ccccn3)oc2c1. The van der Waals surface area contributed by atoms with Crippen LogP contribution in [0.1, 0.15) is 5.56 Å². The fourth-order valence-electron chi connectivity index (χ4n) is 2.40. The van der Waals surface area contributed by atoms with Crippen LogP contribution in [0.2, 0.25) is 0 Å². The Bertz CT molecular complexity index is 1010. The van der Waals surface area contributed by atoms with E-state index in [-0.39, 0.29) is 12.4 Å². The van der Waals surface area contributed by atoms with Gasteiger partial charge >= 0.3 is 5.97 Å². The van der Waals surface area contributed by atoms with E-state index in [4.69, 9.17) is 9.15 Å². The molecule has 0 spiro atoms. The van der Waals surface area contributed by atoms with Gasteiger partial charge in [-0.15, -0.1) is 0 Å². The summed E-state index contributed by atoms with van der Waals surface area (Å²) in [7, 11) is 0. The number of hydrogen-bond acceptors (Lipinski definition) is 6. The van der Waals surface area contributed by atoms with Crippen molar-refractivity contribution in [3.8, 4) is 17.3 Å². The van der Waals surface area contributed by atoms with Crippen molar-refractivity contribution in [2.24, 2.45) is 0 Å². The second kappa shape index (κ2) is 6.52. The van der Waals surface area contributed by atoms with E-state index >= 15 is 0 Å². The minimum atomic E-state index is -0.352. The van der Waals surface area contributed by atoms with Gasteiger partial charge in [-0.1, -0.05) is 6.07 Å². The maximum atomic E-state index is 12.0. The number of pyridine rings is 2. The highest BCUT2D eigenvalue weighted by Gasteiger charge is 2.12. The van der Waals surface area contributed by atoms with Crippen LogP contribution >= 0.6 is 0 Å². The highest BCUT2D eigenvalue weighted by atomic mass is 16.5. The number of carbonyl (C=O) groups is 1. The lowest BCUT2D eigenvalue weighted by molar-refractivity contribution is -0.133. The molecule has 0 aliphatic rings. The Hall–Kier alpha value is -3.54. The molecule has 0 saturated carbocycles. The molecule has 0 radical (unpaired) electrons. The smallest absolute Gasteiger partial charge is 0.315 e. The van der Waals surface area contributed by atoms with Gasteiger partial charge in [0.15, 0.2) is 5.58 Å². The summed E-state index contributed by atoms with van der Waals surface area (Å²) in [5.41, 5.74) is 2.71. The second-order valence-corrected chi connectivity index (χ2v) is 5.37. The van der Waals surface area contributed by atoms with Crippen LogP contribution < -0.4 is 4.74 Å². The standard InChI is InChI=1S/C19H13N3O3/c23-18(11-13-6-9-20-10-7-13)24-14-4-5-15-17(12-14)25-19(22-15)16-3-1-2-8-21-16/h1-10,12H,11H2.